The zero-order valence-corrected chi connectivity index (χ0v) is 10.2. The molecule has 1 aromatic rings. The molecule has 0 bridgehead atoms. The van der Waals surface area contributed by atoms with Crippen molar-refractivity contribution in [1.82, 2.24) is 5.32 Å². The minimum Gasteiger partial charge on any atom is -0.496 e. The van der Waals surface area contributed by atoms with E-state index >= 15 is 0 Å². The molecule has 0 saturated carbocycles. The summed E-state index contributed by atoms with van der Waals surface area (Å²) in [5.41, 5.74) is 0.511. The van der Waals surface area contributed by atoms with Gasteiger partial charge in [0.05, 0.1) is 12.7 Å². The van der Waals surface area contributed by atoms with E-state index in [1.165, 1.54) is 6.07 Å². The molecule has 0 spiro atoms. The lowest BCUT2D eigenvalue weighted by Crippen LogP contribution is -2.28. The molecule has 1 aliphatic heterocycles. The predicted octanol–water partition coefficient (Wildman–Crippen LogP) is 2.27. The van der Waals surface area contributed by atoms with E-state index in [1.54, 1.807) is 19.2 Å². The smallest absolute Gasteiger partial charge is 0.132 e. The van der Waals surface area contributed by atoms with Crippen LogP contribution in [0.4, 0.5) is 4.39 Å². The Bertz CT molecular complexity index is 384. The third-order valence-corrected chi connectivity index (χ3v) is 3.08. The molecule has 2 atom stereocenters. The van der Waals surface area contributed by atoms with Crippen molar-refractivity contribution in [2.24, 2.45) is 0 Å². The van der Waals surface area contributed by atoms with Gasteiger partial charge in [0, 0.05) is 19.2 Å². The van der Waals surface area contributed by atoms with Gasteiger partial charge in [-0.25, -0.2) is 4.39 Å². The lowest BCUT2D eigenvalue weighted by molar-refractivity contribution is 0.0620. The van der Waals surface area contributed by atoms with Gasteiger partial charge in [-0.3, -0.25) is 0 Å². The fourth-order valence-corrected chi connectivity index (χ4v) is 2.05. The van der Waals surface area contributed by atoms with Crippen LogP contribution < -0.4 is 10.1 Å². The van der Waals surface area contributed by atoms with E-state index in [-0.39, 0.29) is 11.9 Å². The minimum absolute atomic E-state index is 0.272. The maximum atomic E-state index is 13.9. The van der Waals surface area contributed by atoms with Gasteiger partial charge in [-0.1, -0.05) is 6.07 Å². The molecule has 1 fully saturated rings. The van der Waals surface area contributed by atoms with Crippen molar-refractivity contribution in [3.05, 3.63) is 29.6 Å². The highest BCUT2D eigenvalue weighted by atomic mass is 19.1. The van der Waals surface area contributed by atoms with E-state index in [9.17, 15) is 4.39 Å². The van der Waals surface area contributed by atoms with Crippen LogP contribution in [-0.2, 0) is 4.74 Å². The molecule has 1 aromatic carbocycles. The molecule has 0 aromatic heterocycles. The second kappa shape index (κ2) is 5.47. The highest BCUT2D eigenvalue weighted by Gasteiger charge is 2.23. The van der Waals surface area contributed by atoms with Gasteiger partial charge >= 0.3 is 0 Å². The van der Waals surface area contributed by atoms with Gasteiger partial charge in [0.15, 0.2) is 0 Å². The van der Waals surface area contributed by atoms with Crippen LogP contribution >= 0.6 is 0 Å². The lowest BCUT2D eigenvalue weighted by Gasteiger charge is -2.19. The van der Waals surface area contributed by atoms with Gasteiger partial charge in [-0.05, 0) is 25.5 Å². The summed E-state index contributed by atoms with van der Waals surface area (Å²) in [5, 5.41) is 3.32. The molecule has 1 N–H and O–H groups in total. The quantitative estimate of drug-likeness (QED) is 0.858. The zero-order chi connectivity index (χ0) is 12.3. The van der Waals surface area contributed by atoms with E-state index in [0.29, 0.717) is 30.5 Å². The first kappa shape index (κ1) is 12.3. The standard InChI is InChI=1S/C13H18FNO2/c1-9-6-7-17-12(8-15-9)13-10(14)4-3-5-11(13)16-2/h3-5,9,12,15H,6-8H2,1-2H3. The third-order valence-electron chi connectivity index (χ3n) is 3.08. The largest absolute Gasteiger partial charge is 0.496 e. The maximum absolute atomic E-state index is 13.9. The normalized spacial score (nSPS) is 25.4. The average Bonchev–Trinajstić information content (AvgIpc) is 2.54. The summed E-state index contributed by atoms with van der Waals surface area (Å²) in [6, 6.07) is 5.24. The summed E-state index contributed by atoms with van der Waals surface area (Å²) in [5.74, 6) is 0.275. The summed E-state index contributed by atoms with van der Waals surface area (Å²) >= 11 is 0. The summed E-state index contributed by atoms with van der Waals surface area (Å²) in [4.78, 5) is 0. The van der Waals surface area contributed by atoms with Gasteiger partial charge in [-0.2, -0.15) is 0 Å². The molecule has 2 rings (SSSR count). The van der Waals surface area contributed by atoms with Crippen LogP contribution in [0.1, 0.15) is 25.0 Å². The number of benzene rings is 1. The predicted molar refractivity (Wildman–Crippen MR) is 63.7 cm³/mol. The van der Waals surface area contributed by atoms with Crippen LogP contribution in [0.5, 0.6) is 5.75 Å². The second-order valence-electron chi connectivity index (χ2n) is 4.31. The summed E-state index contributed by atoms with van der Waals surface area (Å²) in [6.45, 7) is 3.35. The number of nitrogens with one attached hydrogen (secondary N) is 1. The Morgan fingerprint density at radius 1 is 1.47 bits per heavy atom. The van der Waals surface area contributed by atoms with Gasteiger partial charge in [0.1, 0.15) is 17.7 Å². The molecule has 0 radical (unpaired) electrons. The first-order valence-corrected chi connectivity index (χ1v) is 5.89. The molecule has 2 unspecified atom stereocenters. The highest BCUT2D eigenvalue weighted by molar-refractivity contribution is 5.36. The van der Waals surface area contributed by atoms with E-state index < -0.39 is 0 Å². The number of hydrogen-bond donors (Lipinski definition) is 1. The first-order chi connectivity index (χ1) is 8.22. The average molecular weight is 239 g/mol. The summed E-state index contributed by atoms with van der Waals surface area (Å²) in [7, 11) is 1.55. The molecular formula is C13H18FNO2. The molecule has 0 amide bonds. The SMILES string of the molecule is COc1cccc(F)c1C1CNC(C)CCO1. The van der Waals surface area contributed by atoms with Crippen LogP contribution in [0, 0.1) is 5.82 Å². The molecule has 17 heavy (non-hydrogen) atoms. The second-order valence-corrected chi connectivity index (χ2v) is 4.31. The molecule has 3 nitrogen and oxygen atoms in total. The van der Waals surface area contributed by atoms with Crippen molar-refractivity contribution in [3.63, 3.8) is 0 Å². The van der Waals surface area contributed by atoms with Crippen LogP contribution in [0.25, 0.3) is 0 Å². The Balaban J connectivity index is 2.26. The van der Waals surface area contributed by atoms with Crippen LogP contribution in [0.3, 0.4) is 0 Å². The van der Waals surface area contributed by atoms with Gasteiger partial charge < -0.3 is 14.8 Å². The summed E-state index contributed by atoms with van der Waals surface area (Å²) in [6.07, 6.45) is 0.656. The number of rotatable bonds is 2. The monoisotopic (exact) mass is 239 g/mol. The number of hydrogen-bond acceptors (Lipinski definition) is 3. The first-order valence-electron chi connectivity index (χ1n) is 5.89. The fourth-order valence-electron chi connectivity index (χ4n) is 2.05. The maximum Gasteiger partial charge on any atom is 0.132 e. The van der Waals surface area contributed by atoms with Crippen molar-refractivity contribution >= 4 is 0 Å². The number of methoxy groups -OCH3 is 1. The number of ether oxygens (including phenoxy) is 2. The van der Waals surface area contributed by atoms with Crippen molar-refractivity contribution in [2.45, 2.75) is 25.5 Å². The summed E-state index contributed by atoms with van der Waals surface area (Å²) < 4.78 is 24.8. The van der Waals surface area contributed by atoms with E-state index in [0.717, 1.165) is 6.42 Å². The molecule has 1 saturated heterocycles. The Morgan fingerprint density at radius 2 is 2.29 bits per heavy atom. The molecule has 1 heterocycles. The van der Waals surface area contributed by atoms with Crippen LogP contribution in [-0.4, -0.2) is 26.3 Å². The topological polar surface area (TPSA) is 30.5 Å². The van der Waals surface area contributed by atoms with Crippen molar-refractivity contribution < 1.29 is 13.9 Å². The highest BCUT2D eigenvalue weighted by Crippen LogP contribution is 2.30. The fraction of sp³-hybridized carbons (Fsp3) is 0.538. The minimum atomic E-state index is -0.281. The Labute approximate surface area is 101 Å². The molecular weight excluding hydrogens is 221 g/mol. The zero-order valence-electron chi connectivity index (χ0n) is 10.2. The van der Waals surface area contributed by atoms with E-state index in [4.69, 9.17) is 9.47 Å². The molecule has 1 aliphatic rings. The Morgan fingerprint density at radius 3 is 3.06 bits per heavy atom. The Hall–Kier alpha value is -1.13. The Kier molecular flexibility index (Phi) is 3.97. The molecule has 94 valence electrons. The van der Waals surface area contributed by atoms with Gasteiger partial charge in [0.2, 0.25) is 0 Å². The van der Waals surface area contributed by atoms with Gasteiger partial charge in [0.25, 0.3) is 0 Å². The van der Waals surface area contributed by atoms with Crippen molar-refractivity contribution in [2.75, 3.05) is 20.3 Å². The van der Waals surface area contributed by atoms with Crippen molar-refractivity contribution in [1.29, 1.82) is 0 Å². The molecule has 4 heteroatoms. The van der Waals surface area contributed by atoms with Crippen LogP contribution in [0.15, 0.2) is 18.2 Å². The van der Waals surface area contributed by atoms with E-state index in [1.807, 2.05) is 0 Å². The number of halogens is 1. The van der Waals surface area contributed by atoms with Crippen LogP contribution in [0.2, 0.25) is 0 Å². The van der Waals surface area contributed by atoms with Crippen molar-refractivity contribution in [3.8, 4) is 5.75 Å². The lowest BCUT2D eigenvalue weighted by atomic mass is 10.1. The van der Waals surface area contributed by atoms with E-state index in [2.05, 4.69) is 12.2 Å². The molecule has 0 aliphatic carbocycles. The third kappa shape index (κ3) is 2.76. The van der Waals surface area contributed by atoms with Gasteiger partial charge in [-0.15, -0.1) is 0 Å².